The van der Waals surface area contributed by atoms with Crippen molar-refractivity contribution >= 4 is 16.3 Å². The Bertz CT molecular complexity index is 360. The highest BCUT2D eigenvalue weighted by Gasteiger charge is 2.13. The second kappa shape index (κ2) is 3.39. The molecule has 0 fully saturated rings. The first-order valence-corrected chi connectivity index (χ1v) is 5.00. The van der Waals surface area contributed by atoms with Crippen molar-refractivity contribution in [3.8, 4) is 0 Å². The van der Waals surface area contributed by atoms with Gasteiger partial charge in [-0.3, -0.25) is 0 Å². The Labute approximate surface area is 79.8 Å². The van der Waals surface area contributed by atoms with Gasteiger partial charge in [-0.05, 0) is 13.5 Å². The highest BCUT2D eigenvalue weighted by Crippen LogP contribution is 2.21. The number of fused-ring (bicyclic) bond motifs is 1. The third kappa shape index (κ3) is 1.42. The van der Waals surface area contributed by atoms with Crippen LogP contribution in [0.1, 0.15) is 24.4 Å². The van der Waals surface area contributed by atoms with Crippen LogP contribution in [0, 0.1) is 0 Å². The monoisotopic (exact) mass is 197 g/mol. The van der Waals surface area contributed by atoms with Gasteiger partial charge in [0.1, 0.15) is 11.3 Å². The molecule has 0 saturated carbocycles. The predicted octanol–water partition coefficient (Wildman–Crippen LogP) is 0.856. The molecule has 0 bridgehead atoms. The standard InChI is InChI=1S/C7H11N5S/c1-3-5(8-2)6-11-12-4-9-10-7(12)13-6/h4-5,8H,3H2,1-2H3. The van der Waals surface area contributed by atoms with Gasteiger partial charge in [0.2, 0.25) is 4.96 Å². The number of aromatic nitrogens is 4. The molecule has 2 aromatic heterocycles. The van der Waals surface area contributed by atoms with Gasteiger partial charge in [-0.25, -0.2) is 0 Å². The minimum Gasteiger partial charge on any atom is -0.311 e. The van der Waals surface area contributed by atoms with Gasteiger partial charge in [-0.15, -0.1) is 10.2 Å². The van der Waals surface area contributed by atoms with Crippen LogP contribution in [-0.2, 0) is 0 Å². The van der Waals surface area contributed by atoms with Crippen LogP contribution in [0.3, 0.4) is 0 Å². The molecule has 5 nitrogen and oxygen atoms in total. The lowest BCUT2D eigenvalue weighted by atomic mass is 10.2. The quantitative estimate of drug-likeness (QED) is 0.792. The molecule has 2 heterocycles. The molecule has 70 valence electrons. The van der Waals surface area contributed by atoms with Crippen molar-refractivity contribution in [3.05, 3.63) is 11.3 Å². The van der Waals surface area contributed by atoms with E-state index in [0.29, 0.717) is 6.04 Å². The molecule has 0 spiro atoms. The van der Waals surface area contributed by atoms with E-state index in [1.165, 1.54) is 0 Å². The number of nitrogens with zero attached hydrogens (tertiary/aromatic N) is 4. The van der Waals surface area contributed by atoms with Crippen molar-refractivity contribution in [2.75, 3.05) is 7.05 Å². The smallest absolute Gasteiger partial charge is 0.234 e. The Morgan fingerprint density at radius 1 is 1.69 bits per heavy atom. The highest BCUT2D eigenvalue weighted by molar-refractivity contribution is 7.16. The number of hydrogen-bond donors (Lipinski definition) is 1. The van der Waals surface area contributed by atoms with Crippen molar-refractivity contribution in [1.29, 1.82) is 0 Å². The molecular weight excluding hydrogens is 186 g/mol. The number of nitrogens with one attached hydrogen (secondary N) is 1. The van der Waals surface area contributed by atoms with E-state index in [4.69, 9.17) is 0 Å². The molecule has 0 aliphatic rings. The first-order valence-electron chi connectivity index (χ1n) is 4.19. The third-order valence-electron chi connectivity index (χ3n) is 1.96. The molecule has 0 saturated heterocycles. The molecule has 0 amide bonds. The van der Waals surface area contributed by atoms with E-state index in [1.807, 2.05) is 7.05 Å². The molecule has 1 unspecified atom stereocenters. The maximum Gasteiger partial charge on any atom is 0.234 e. The third-order valence-corrected chi connectivity index (χ3v) is 2.98. The van der Waals surface area contributed by atoms with E-state index in [0.717, 1.165) is 16.4 Å². The summed E-state index contributed by atoms with van der Waals surface area (Å²) in [6.07, 6.45) is 2.65. The first kappa shape index (κ1) is 8.58. The summed E-state index contributed by atoms with van der Waals surface area (Å²) in [4.78, 5) is 0.851. The second-order valence-corrected chi connectivity index (χ2v) is 3.74. The van der Waals surface area contributed by atoms with E-state index >= 15 is 0 Å². The fourth-order valence-electron chi connectivity index (χ4n) is 1.22. The Hall–Kier alpha value is -1.01. The van der Waals surface area contributed by atoms with Crippen LogP contribution in [-0.4, -0.2) is 26.9 Å². The van der Waals surface area contributed by atoms with E-state index < -0.39 is 0 Å². The highest BCUT2D eigenvalue weighted by atomic mass is 32.1. The van der Waals surface area contributed by atoms with E-state index in [2.05, 4.69) is 27.5 Å². The van der Waals surface area contributed by atoms with Gasteiger partial charge in [-0.2, -0.15) is 9.61 Å². The SMILES string of the molecule is CCC(NC)c1nn2cnnc2s1. The average molecular weight is 197 g/mol. The van der Waals surface area contributed by atoms with Crippen molar-refractivity contribution in [1.82, 2.24) is 25.1 Å². The van der Waals surface area contributed by atoms with Crippen LogP contribution < -0.4 is 5.32 Å². The normalized spacial score (nSPS) is 13.7. The summed E-state index contributed by atoms with van der Waals surface area (Å²) in [5.41, 5.74) is 0. The average Bonchev–Trinajstić information content (AvgIpc) is 2.65. The summed E-state index contributed by atoms with van der Waals surface area (Å²) < 4.78 is 1.71. The molecule has 1 N–H and O–H groups in total. The van der Waals surface area contributed by atoms with Gasteiger partial charge in [0.15, 0.2) is 0 Å². The zero-order valence-corrected chi connectivity index (χ0v) is 8.38. The zero-order valence-electron chi connectivity index (χ0n) is 7.56. The molecule has 0 aliphatic carbocycles. The lowest BCUT2D eigenvalue weighted by Gasteiger charge is -2.07. The van der Waals surface area contributed by atoms with Crippen molar-refractivity contribution < 1.29 is 0 Å². The van der Waals surface area contributed by atoms with Crippen LogP contribution in [0.5, 0.6) is 0 Å². The summed E-state index contributed by atoms with van der Waals surface area (Å²) in [6.45, 7) is 2.13. The van der Waals surface area contributed by atoms with Gasteiger partial charge in [0.05, 0.1) is 6.04 Å². The fourth-order valence-corrected chi connectivity index (χ4v) is 2.23. The Balaban J connectivity index is 2.37. The van der Waals surface area contributed by atoms with Crippen LogP contribution in [0.25, 0.3) is 4.96 Å². The van der Waals surface area contributed by atoms with Gasteiger partial charge >= 0.3 is 0 Å². The molecule has 1 atom stereocenters. The fraction of sp³-hybridized carbons (Fsp3) is 0.571. The largest absolute Gasteiger partial charge is 0.311 e. The van der Waals surface area contributed by atoms with Crippen molar-refractivity contribution in [3.63, 3.8) is 0 Å². The molecule has 6 heteroatoms. The minimum absolute atomic E-state index is 0.326. The Morgan fingerprint density at radius 3 is 3.15 bits per heavy atom. The maximum absolute atomic E-state index is 4.36. The van der Waals surface area contributed by atoms with Gasteiger partial charge in [0.25, 0.3) is 0 Å². The summed E-state index contributed by atoms with van der Waals surface area (Å²) in [7, 11) is 1.94. The number of rotatable bonds is 3. The molecule has 0 aromatic carbocycles. The van der Waals surface area contributed by atoms with Gasteiger partial charge in [0, 0.05) is 0 Å². The first-order chi connectivity index (χ1) is 6.35. The summed E-state index contributed by atoms with van der Waals surface area (Å²) in [5, 5.41) is 16.3. The number of hydrogen-bond acceptors (Lipinski definition) is 5. The molecule has 2 rings (SSSR count). The van der Waals surface area contributed by atoms with Crippen LogP contribution >= 0.6 is 11.3 Å². The molecule has 2 aromatic rings. The predicted molar refractivity (Wildman–Crippen MR) is 50.8 cm³/mol. The summed E-state index contributed by atoms with van der Waals surface area (Å²) in [6, 6.07) is 0.326. The van der Waals surface area contributed by atoms with Gasteiger partial charge in [-0.1, -0.05) is 18.3 Å². The summed E-state index contributed by atoms with van der Waals surface area (Å²) >= 11 is 1.58. The summed E-state index contributed by atoms with van der Waals surface area (Å²) in [5.74, 6) is 0. The Kier molecular flexibility index (Phi) is 2.24. The van der Waals surface area contributed by atoms with Gasteiger partial charge < -0.3 is 5.32 Å². The van der Waals surface area contributed by atoms with Crippen LogP contribution in [0.15, 0.2) is 6.33 Å². The van der Waals surface area contributed by atoms with Crippen molar-refractivity contribution in [2.45, 2.75) is 19.4 Å². The second-order valence-electron chi connectivity index (χ2n) is 2.75. The Morgan fingerprint density at radius 2 is 2.54 bits per heavy atom. The van der Waals surface area contributed by atoms with E-state index in [9.17, 15) is 0 Å². The topological polar surface area (TPSA) is 55.1 Å². The molecular formula is C7H11N5S. The van der Waals surface area contributed by atoms with Crippen LogP contribution in [0.4, 0.5) is 0 Å². The molecule has 0 radical (unpaired) electrons. The lowest BCUT2D eigenvalue weighted by Crippen LogP contribution is -2.15. The van der Waals surface area contributed by atoms with Crippen LogP contribution in [0.2, 0.25) is 0 Å². The molecule has 0 aliphatic heterocycles. The zero-order chi connectivity index (χ0) is 9.26. The minimum atomic E-state index is 0.326. The lowest BCUT2D eigenvalue weighted by molar-refractivity contribution is 0.565. The van der Waals surface area contributed by atoms with E-state index in [1.54, 1.807) is 22.2 Å². The molecule has 13 heavy (non-hydrogen) atoms. The van der Waals surface area contributed by atoms with Crippen molar-refractivity contribution in [2.24, 2.45) is 0 Å². The maximum atomic E-state index is 4.36. The van der Waals surface area contributed by atoms with E-state index in [-0.39, 0.29) is 0 Å².